The fourth-order valence-electron chi connectivity index (χ4n) is 3.29. The van der Waals surface area contributed by atoms with Crippen molar-refractivity contribution in [2.75, 3.05) is 13.7 Å². The zero-order valence-electron chi connectivity index (χ0n) is 12.4. The standard InChI is InChI=1S/C15H23NO5/c1-19-14(18)7-5-12-9-15(10-17)13(20-12)6-4-11(21-15)3-2-8-16/h11-13,17H,2-7,9-10H2,1H3/t11?,12-,13-,15?/m0/s1. The van der Waals surface area contributed by atoms with Crippen molar-refractivity contribution in [3.63, 3.8) is 0 Å². The molecule has 0 spiro atoms. The number of nitriles is 1. The van der Waals surface area contributed by atoms with Crippen LogP contribution in [-0.2, 0) is 19.0 Å². The molecule has 0 aromatic rings. The molecule has 0 saturated carbocycles. The maximum absolute atomic E-state index is 11.2. The summed E-state index contributed by atoms with van der Waals surface area (Å²) in [6, 6.07) is 2.13. The van der Waals surface area contributed by atoms with E-state index in [2.05, 4.69) is 10.8 Å². The monoisotopic (exact) mass is 297 g/mol. The molecule has 0 amide bonds. The van der Waals surface area contributed by atoms with Gasteiger partial charge in [-0.25, -0.2) is 0 Å². The fourth-order valence-corrected chi connectivity index (χ4v) is 3.29. The van der Waals surface area contributed by atoms with Crippen LogP contribution in [0.2, 0.25) is 0 Å². The molecule has 2 unspecified atom stereocenters. The lowest BCUT2D eigenvalue weighted by Crippen LogP contribution is -2.51. The predicted molar refractivity (Wildman–Crippen MR) is 73.3 cm³/mol. The van der Waals surface area contributed by atoms with Gasteiger partial charge in [-0.15, -0.1) is 0 Å². The molecule has 1 N–H and O–H groups in total. The zero-order chi connectivity index (χ0) is 15.3. The average Bonchev–Trinajstić information content (AvgIpc) is 2.88. The molecule has 2 rings (SSSR count). The van der Waals surface area contributed by atoms with Gasteiger partial charge in [0.25, 0.3) is 0 Å². The number of rotatable bonds is 6. The first-order chi connectivity index (χ1) is 10.1. The van der Waals surface area contributed by atoms with Crippen molar-refractivity contribution in [2.24, 2.45) is 0 Å². The van der Waals surface area contributed by atoms with Crippen LogP contribution in [-0.4, -0.2) is 48.7 Å². The number of methoxy groups -OCH3 is 1. The van der Waals surface area contributed by atoms with Crippen LogP contribution in [0.4, 0.5) is 0 Å². The Morgan fingerprint density at radius 3 is 2.90 bits per heavy atom. The number of carbonyl (C=O) groups is 1. The molecule has 2 heterocycles. The summed E-state index contributed by atoms with van der Waals surface area (Å²) < 4.78 is 16.7. The minimum Gasteiger partial charge on any atom is -0.469 e. The highest BCUT2D eigenvalue weighted by Gasteiger charge is 2.52. The van der Waals surface area contributed by atoms with Gasteiger partial charge in [-0.3, -0.25) is 4.79 Å². The number of nitrogens with zero attached hydrogens (tertiary/aromatic N) is 1. The van der Waals surface area contributed by atoms with Gasteiger partial charge in [0.15, 0.2) is 0 Å². The molecule has 0 bridgehead atoms. The van der Waals surface area contributed by atoms with E-state index in [9.17, 15) is 9.90 Å². The number of aliphatic hydroxyl groups excluding tert-OH is 1. The van der Waals surface area contributed by atoms with E-state index in [0.717, 1.165) is 12.8 Å². The van der Waals surface area contributed by atoms with Crippen molar-refractivity contribution in [1.29, 1.82) is 5.26 Å². The summed E-state index contributed by atoms with van der Waals surface area (Å²) in [5, 5.41) is 18.4. The lowest BCUT2D eigenvalue weighted by Gasteiger charge is -2.40. The van der Waals surface area contributed by atoms with Crippen LogP contribution in [0.25, 0.3) is 0 Å². The summed E-state index contributed by atoms with van der Waals surface area (Å²) in [4.78, 5) is 11.2. The Labute approximate surface area is 125 Å². The summed E-state index contributed by atoms with van der Waals surface area (Å²) in [5.74, 6) is -0.251. The van der Waals surface area contributed by atoms with Gasteiger partial charge in [0.1, 0.15) is 5.60 Å². The lowest BCUT2D eigenvalue weighted by molar-refractivity contribution is -0.183. The van der Waals surface area contributed by atoms with Crippen LogP contribution < -0.4 is 0 Å². The first-order valence-corrected chi connectivity index (χ1v) is 7.51. The number of fused-ring (bicyclic) bond motifs is 1. The number of hydrogen-bond donors (Lipinski definition) is 1. The van der Waals surface area contributed by atoms with Gasteiger partial charge in [0.2, 0.25) is 0 Å². The highest BCUT2D eigenvalue weighted by Crippen LogP contribution is 2.43. The second kappa shape index (κ2) is 7.21. The van der Waals surface area contributed by atoms with Crippen LogP contribution >= 0.6 is 0 Å². The van der Waals surface area contributed by atoms with Gasteiger partial charge in [0, 0.05) is 19.3 Å². The van der Waals surface area contributed by atoms with Gasteiger partial charge < -0.3 is 19.3 Å². The second-order valence-electron chi connectivity index (χ2n) is 5.80. The fraction of sp³-hybridized carbons (Fsp3) is 0.867. The van der Waals surface area contributed by atoms with Gasteiger partial charge in [0.05, 0.1) is 38.1 Å². The molecule has 6 nitrogen and oxygen atoms in total. The van der Waals surface area contributed by atoms with Crippen LogP contribution in [0.1, 0.15) is 44.9 Å². The van der Waals surface area contributed by atoms with Crippen molar-refractivity contribution in [3.8, 4) is 6.07 Å². The average molecular weight is 297 g/mol. The third-order valence-electron chi connectivity index (χ3n) is 4.41. The molecule has 4 atom stereocenters. The third-order valence-corrected chi connectivity index (χ3v) is 4.41. The molecule has 118 valence electrons. The van der Waals surface area contributed by atoms with Crippen molar-refractivity contribution < 1.29 is 24.1 Å². The molecule has 2 fully saturated rings. The van der Waals surface area contributed by atoms with Crippen molar-refractivity contribution in [3.05, 3.63) is 0 Å². The molecular formula is C15H23NO5. The Hall–Kier alpha value is -1.16. The molecule has 6 heteroatoms. The highest BCUT2D eigenvalue weighted by molar-refractivity contribution is 5.69. The smallest absolute Gasteiger partial charge is 0.305 e. The number of esters is 1. The summed E-state index contributed by atoms with van der Waals surface area (Å²) in [5.41, 5.74) is -0.668. The van der Waals surface area contributed by atoms with Crippen molar-refractivity contribution in [2.45, 2.75) is 68.9 Å². The van der Waals surface area contributed by atoms with Gasteiger partial charge in [-0.1, -0.05) is 0 Å². The van der Waals surface area contributed by atoms with Crippen LogP contribution in [0.3, 0.4) is 0 Å². The first kappa shape index (κ1) is 16.2. The second-order valence-corrected chi connectivity index (χ2v) is 5.80. The molecule has 2 aliphatic rings. The Balaban J connectivity index is 1.92. The van der Waals surface area contributed by atoms with E-state index in [1.807, 2.05) is 0 Å². The van der Waals surface area contributed by atoms with Crippen molar-refractivity contribution >= 4 is 5.97 Å². The molecular weight excluding hydrogens is 274 g/mol. The first-order valence-electron chi connectivity index (χ1n) is 7.51. The normalized spacial score (nSPS) is 35.0. The van der Waals surface area contributed by atoms with E-state index in [1.165, 1.54) is 7.11 Å². The number of carbonyl (C=O) groups excluding carboxylic acids is 1. The highest BCUT2D eigenvalue weighted by atomic mass is 16.6. The summed E-state index contributed by atoms with van der Waals surface area (Å²) in [6.45, 7) is -0.0879. The zero-order valence-corrected chi connectivity index (χ0v) is 12.4. The largest absolute Gasteiger partial charge is 0.469 e. The van der Waals surface area contributed by atoms with E-state index in [-0.39, 0.29) is 30.9 Å². The minimum absolute atomic E-state index is 0.0102. The SMILES string of the molecule is COC(=O)CC[C@H]1CC2(CO)OC(CCC#N)CC[C@@H]2O1. The van der Waals surface area contributed by atoms with Crippen LogP contribution in [0, 0.1) is 11.3 Å². The minimum atomic E-state index is -0.668. The Morgan fingerprint density at radius 1 is 1.43 bits per heavy atom. The topological polar surface area (TPSA) is 88.8 Å². The van der Waals surface area contributed by atoms with Gasteiger partial charge in [-0.05, 0) is 25.7 Å². The molecule has 0 aliphatic carbocycles. The molecule has 2 saturated heterocycles. The van der Waals surface area contributed by atoms with Gasteiger partial charge >= 0.3 is 5.97 Å². The third kappa shape index (κ3) is 3.73. The van der Waals surface area contributed by atoms with Crippen LogP contribution in [0.5, 0.6) is 0 Å². The summed E-state index contributed by atoms with van der Waals surface area (Å²) in [6.07, 6.45) is 4.11. The van der Waals surface area contributed by atoms with E-state index in [1.54, 1.807) is 0 Å². The van der Waals surface area contributed by atoms with E-state index < -0.39 is 5.60 Å². The Morgan fingerprint density at radius 2 is 2.24 bits per heavy atom. The van der Waals surface area contributed by atoms with Crippen molar-refractivity contribution in [1.82, 2.24) is 0 Å². The van der Waals surface area contributed by atoms with E-state index in [4.69, 9.17) is 14.7 Å². The van der Waals surface area contributed by atoms with E-state index >= 15 is 0 Å². The summed E-state index contributed by atoms with van der Waals surface area (Å²) >= 11 is 0. The lowest BCUT2D eigenvalue weighted by atomic mass is 9.86. The molecule has 0 aromatic carbocycles. The van der Waals surface area contributed by atoms with Gasteiger partial charge in [-0.2, -0.15) is 5.26 Å². The Bertz CT molecular complexity index is 407. The Kier molecular flexibility index (Phi) is 5.57. The predicted octanol–water partition coefficient (Wildman–Crippen LogP) is 1.31. The number of aliphatic hydroxyl groups is 1. The number of ether oxygens (including phenoxy) is 3. The quantitative estimate of drug-likeness (QED) is 0.744. The molecule has 0 aromatic heterocycles. The number of hydrogen-bond acceptors (Lipinski definition) is 6. The maximum atomic E-state index is 11.2. The summed E-state index contributed by atoms with van der Waals surface area (Å²) in [7, 11) is 1.37. The maximum Gasteiger partial charge on any atom is 0.305 e. The molecule has 0 radical (unpaired) electrons. The van der Waals surface area contributed by atoms with E-state index in [0.29, 0.717) is 32.1 Å². The molecule has 2 aliphatic heterocycles. The molecule has 21 heavy (non-hydrogen) atoms. The van der Waals surface area contributed by atoms with Crippen LogP contribution in [0.15, 0.2) is 0 Å².